The number of aromatic nitrogens is 3. The Balaban J connectivity index is 1.22. The molecule has 3 heterocycles. The Bertz CT molecular complexity index is 956. The summed E-state index contributed by atoms with van der Waals surface area (Å²) in [6.45, 7) is 2.62. The first-order valence-electron chi connectivity index (χ1n) is 9.08. The zero-order valence-electron chi connectivity index (χ0n) is 15.7. The van der Waals surface area contributed by atoms with E-state index in [9.17, 15) is 9.59 Å². The topological polar surface area (TPSA) is 101 Å². The zero-order chi connectivity index (χ0) is 20.2. The third kappa shape index (κ3) is 5.07. The van der Waals surface area contributed by atoms with Gasteiger partial charge in [-0.15, -0.1) is 23.5 Å². The second-order valence-electron chi connectivity index (χ2n) is 6.71. The summed E-state index contributed by atoms with van der Waals surface area (Å²) in [7, 11) is 0. The van der Waals surface area contributed by atoms with Gasteiger partial charge in [-0.2, -0.15) is 5.10 Å². The molecule has 2 aliphatic rings. The zero-order valence-corrected chi connectivity index (χ0v) is 17.4. The minimum absolute atomic E-state index is 0.0135. The van der Waals surface area contributed by atoms with Crippen LogP contribution in [0.2, 0.25) is 0 Å². The lowest BCUT2D eigenvalue weighted by atomic mass is 10.1. The molecule has 0 fully saturated rings. The second-order valence-corrected chi connectivity index (χ2v) is 9.06. The number of hydrogen-bond acceptors (Lipinski definition) is 7. The minimum Gasteiger partial charge on any atom is -0.325 e. The van der Waals surface area contributed by atoms with E-state index in [1.807, 2.05) is 37.3 Å². The molecule has 150 valence electrons. The molecule has 1 aromatic heterocycles. The third-order valence-electron chi connectivity index (χ3n) is 4.40. The smallest absolute Gasteiger partial charge is 0.235 e. The van der Waals surface area contributed by atoms with Gasteiger partial charge in [0.25, 0.3) is 0 Å². The van der Waals surface area contributed by atoms with Crippen LogP contribution >= 0.6 is 23.5 Å². The Morgan fingerprint density at radius 1 is 1.34 bits per heavy atom. The lowest BCUT2D eigenvalue weighted by molar-refractivity contribution is -0.122. The highest BCUT2D eigenvalue weighted by molar-refractivity contribution is 8.04. The highest BCUT2D eigenvalue weighted by Gasteiger charge is 2.36. The maximum absolute atomic E-state index is 12.2. The van der Waals surface area contributed by atoms with E-state index in [1.165, 1.54) is 18.1 Å². The summed E-state index contributed by atoms with van der Waals surface area (Å²) < 4.78 is 1.74. The Kier molecular flexibility index (Phi) is 6.00. The van der Waals surface area contributed by atoms with Crippen molar-refractivity contribution in [3.63, 3.8) is 0 Å². The number of nitrogens with one attached hydrogen (secondary N) is 2. The molecule has 2 amide bonds. The highest BCUT2D eigenvalue weighted by atomic mass is 32.2. The van der Waals surface area contributed by atoms with Crippen LogP contribution in [0.25, 0.3) is 0 Å². The number of anilines is 1. The monoisotopic (exact) mass is 428 g/mol. The summed E-state index contributed by atoms with van der Waals surface area (Å²) in [5.74, 6) is 1.15. The number of amidine groups is 1. The Labute approximate surface area is 176 Å². The summed E-state index contributed by atoms with van der Waals surface area (Å²) in [5.41, 5.74) is 1.81. The van der Waals surface area contributed by atoms with Crippen LogP contribution in [0.1, 0.15) is 12.5 Å². The number of fused-ring (bicyclic) bond motifs is 1. The number of thioether (sulfide) groups is 2. The van der Waals surface area contributed by atoms with Crippen LogP contribution in [0.4, 0.5) is 5.69 Å². The fraction of sp³-hybridized carbons (Fsp3) is 0.316. The molecule has 4 rings (SSSR count). The van der Waals surface area contributed by atoms with E-state index >= 15 is 0 Å². The first kappa shape index (κ1) is 19.7. The molecule has 2 atom stereocenters. The Morgan fingerprint density at radius 2 is 2.17 bits per heavy atom. The number of benzene rings is 1. The van der Waals surface area contributed by atoms with Crippen molar-refractivity contribution >= 4 is 46.9 Å². The molecular weight excluding hydrogens is 408 g/mol. The molecular formula is C19H20N6O2S2. The maximum Gasteiger partial charge on any atom is 0.235 e. The lowest BCUT2D eigenvalue weighted by Crippen LogP contribution is -2.44. The van der Waals surface area contributed by atoms with Crippen molar-refractivity contribution in [2.24, 2.45) is 10.9 Å². The largest absolute Gasteiger partial charge is 0.325 e. The van der Waals surface area contributed by atoms with Crippen LogP contribution in [-0.2, 0) is 16.1 Å². The number of hydrogen-bond donors (Lipinski definition) is 2. The van der Waals surface area contributed by atoms with Crippen molar-refractivity contribution in [1.82, 2.24) is 20.1 Å². The number of amides is 2. The lowest BCUT2D eigenvalue weighted by Gasteiger charge is -2.22. The summed E-state index contributed by atoms with van der Waals surface area (Å²) in [4.78, 5) is 34.0. The van der Waals surface area contributed by atoms with E-state index in [0.717, 1.165) is 16.2 Å². The van der Waals surface area contributed by atoms with Gasteiger partial charge < -0.3 is 10.6 Å². The van der Waals surface area contributed by atoms with Gasteiger partial charge in [0.1, 0.15) is 23.9 Å². The standard InChI is InChI=1S/C19H20N6O2S2/c1-12-6-15-18(27)23-16(24-19(15)29-12)8-28-9-17(26)22-14-4-2-13(3-5-14)7-25-11-20-10-21-25/h2-6,10-11,15,19H,7-9H2,1H3,(H,22,26)(H,23,24,27)/t15-,19-/m0/s1. The molecule has 2 aromatic rings. The average Bonchev–Trinajstić information content (AvgIpc) is 3.32. The molecule has 0 radical (unpaired) electrons. The molecule has 0 saturated carbocycles. The highest BCUT2D eigenvalue weighted by Crippen LogP contribution is 2.38. The number of aliphatic imine (C=N–C) groups is 1. The van der Waals surface area contributed by atoms with E-state index < -0.39 is 0 Å². The molecule has 0 unspecified atom stereocenters. The molecule has 10 heteroatoms. The van der Waals surface area contributed by atoms with Gasteiger partial charge in [0, 0.05) is 5.69 Å². The Hall–Kier alpha value is -2.59. The van der Waals surface area contributed by atoms with E-state index in [-0.39, 0.29) is 28.9 Å². The van der Waals surface area contributed by atoms with Crippen molar-refractivity contribution in [2.45, 2.75) is 18.8 Å². The second kappa shape index (κ2) is 8.83. The van der Waals surface area contributed by atoms with Crippen LogP contribution in [0.3, 0.4) is 0 Å². The van der Waals surface area contributed by atoms with Gasteiger partial charge in [0.15, 0.2) is 0 Å². The molecule has 2 aliphatic heterocycles. The van der Waals surface area contributed by atoms with E-state index in [4.69, 9.17) is 0 Å². The summed E-state index contributed by atoms with van der Waals surface area (Å²) >= 11 is 3.04. The van der Waals surface area contributed by atoms with Gasteiger partial charge in [-0.1, -0.05) is 18.2 Å². The number of rotatable bonds is 7. The molecule has 0 saturated heterocycles. The van der Waals surface area contributed by atoms with Gasteiger partial charge >= 0.3 is 0 Å². The van der Waals surface area contributed by atoms with Crippen LogP contribution < -0.4 is 10.6 Å². The van der Waals surface area contributed by atoms with E-state index in [2.05, 4.69) is 25.7 Å². The molecule has 0 bridgehead atoms. The predicted octanol–water partition coefficient (Wildman–Crippen LogP) is 2.12. The molecule has 29 heavy (non-hydrogen) atoms. The minimum atomic E-state index is -0.176. The van der Waals surface area contributed by atoms with Gasteiger partial charge in [0.05, 0.1) is 24.0 Å². The fourth-order valence-electron chi connectivity index (χ4n) is 3.07. The van der Waals surface area contributed by atoms with E-state index in [0.29, 0.717) is 18.1 Å². The summed E-state index contributed by atoms with van der Waals surface area (Å²) in [6, 6.07) is 7.63. The maximum atomic E-state index is 12.2. The molecule has 8 nitrogen and oxygen atoms in total. The van der Waals surface area contributed by atoms with Crippen molar-refractivity contribution < 1.29 is 9.59 Å². The quantitative estimate of drug-likeness (QED) is 0.701. The van der Waals surface area contributed by atoms with Crippen LogP contribution in [0.5, 0.6) is 0 Å². The molecule has 0 aliphatic carbocycles. The van der Waals surface area contributed by atoms with Gasteiger partial charge in [-0.05, 0) is 29.5 Å². The van der Waals surface area contributed by atoms with Crippen molar-refractivity contribution in [1.29, 1.82) is 0 Å². The number of allylic oxidation sites excluding steroid dienone is 1. The normalized spacial score (nSPS) is 20.5. The Morgan fingerprint density at radius 3 is 2.93 bits per heavy atom. The van der Waals surface area contributed by atoms with Crippen molar-refractivity contribution in [2.75, 3.05) is 16.8 Å². The van der Waals surface area contributed by atoms with Gasteiger partial charge in [0.2, 0.25) is 11.8 Å². The molecule has 0 spiro atoms. The molecule has 1 aromatic carbocycles. The molecule has 2 N–H and O–H groups in total. The van der Waals surface area contributed by atoms with E-state index in [1.54, 1.807) is 22.8 Å². The third-order valence-corrected chi connectivity index (χ3v) is 6.49. The van der Waals surface area contributed by atoms with Crippen LogP contribution in [0, 0.1) is 5.92 Å². The fourth-order valence-corrected chi connectivity index (χ4v) is 4.90. The number of carbonyl (C=O) groups is 2. The number of nitrogens with zero attached hydrogens (tertiary/aromatic N) is 4. The van der Waals surface area contributed by atoms with Crippen LogP contribution in [0.15, 0.2) is 52.9 Å². The average molecular weight is 429 g/mol. The SMILES string of the molecule is CC1=C[C@H]2C(=O)NC(CSCC(=O)Nc3ccc(Cn4cncn4)cc3)=N[C@H]2S1. The van der Waals surface area contributed by atoms with Gasteiger partial charge in [-0.25, -0.2) is 9.67 Å². The summed E-state index contributed by atoms with van der Waals surface area (Å²) in [6.07, 6.45) is 5.12. The first-order valence-corrected chi connectivity index (χ1v) is 11.1. The predicted molar refractivity (Wildman–Crippen MR) is 116 cm³/mol. The summed E-state index contributed by atoms with van der Waals surface area (Å²) in [5, 5.41) is 9.74. The van der Waals surface area contributed by atoms with Crippen molar-refractivity contribution in [3.8, 4) is 0 Å². The number of carbonyl (C=O) groups excluding carboxylic acids is 2. The van der Waals surface area contributed by atoms with Crippen LogP contribution in [-0.4, -0.2) is 49.3 Å². The van der Waals surface area contributed by atoms with Gasteiger partial charge in [-0.3, -0.25) is 14.6 Å². The van der Waals surface area contributed by atoms with Crippen molar-refractivity contribution in [3.05, 3.63) is 53.5 Å². The first-order chi connectivity index (χ1) is 14.1.